The number of rotatable bonds is 10. The van der Waals surface area contributed by atoms with Crippen molar-refractivity contribution >= 4 is 34.9 Å². The average molecular weight is 530 g/mol. The van der Waals surface area contributed by atoms with Crippen LogP contribution in [0.15, 0.2) is 84.9 Å². The van der Waals surface area contributed by atoms with E-state index in [1.165, 1.54) is 4.90 Å². The van der Waals surface area contributed by atoms with Crippen LogP contribution in [0.25, 0.3) is 0 Å². The van der Waals surface area contributed by atoms with E-state index in [2.05, 4.69) is 9.69 Å². The van der Waals surface area contributed by atoms with Crippen LogP contribution in [0.1, 0.15) is 42.9 Å². The number of amides is 3. The van der Waals surface area contributed by atoms with Gasteiger partial charge in [-0.05, 0) is 40.4 Å². The zero-order valence-corrected chi connectivity index (χ0v) is 21.5. The molecule has 0 saturated heterocycles. The van der Waals surface area contributed by atoms with E-state index < -0.39 is 17.9 Å². The molecule has 0 fully saturated rings. The average Bonchev–Trinajstić information content (AvgIpc) is 3.34. The highest BCUT2D eigenvalue weighted by Crippen LogP contribution is 2.31. The van der Waals surface area contributed by atoms with Gasteiger partial charge in [0.15, 0.2) is 5.69 Å². The number of hydrogen-bond donors (Lipinski definition) is 3. The minimum absolute atomic E-state index is 0.0316. The van der Waals surface area contributed by atoms with Gasteiger partial charge in [0.2, 0.25) is 5.91 Å². The smallest absolute Gasteiger partial charge is 0.270 e. The van der Waals surface area contributed by atoms with Crippen molar-refractivity contribution in [1.29, 1.82) is 0 Å². The van der Waals surface area contributed by atoms with Crippen LogP contribution in [-0.4, -0.2) is 34.1 Å². The maximum absolute atomic E-state index is 14.0. The van der Waals surface area contributed by atoms with E-state index in [-0.39, 0.29) is 35.3 Å². The predicted octanol–water partition coefficient (Wildman–Crippen LogP) is 3.53. The molecule has 1 aromatic heterocycles. The molecule has 9 nitrogen and oxygen atoms in total. The Labute approximate surface area is 224 Å². The first-order valence-corrected chi connectivity index (χ1v) is 12.5. The fraction of sp³-hybridized carbons (Fsp3) is 0.143. The van der Waals surface area contributed by atoms with Crippen molar-refractivity contribution in [3.63, 3.8) is 0 Å². The monoisotopic (exact) mass is 529 g/mol. The molecule has 1 heterocycles. The van der Waals surface area contributed by atoms with Gasteiger partial charge in [-0.3, -0.25) is 14.4 Å². The molecule has 1 unspecified atom stereocenters. The Morgan fingerprint density at radius 1 is 0.947 bits per heavy atom. The van der Waals surface area contributed by atoms with Crippen molar-refractivity contribution < 1.29 is 19.1 Å². The maximum Gasteiger partial charge on any atom is 0.270 e. The number of nitrogen functional groups attached to an aromatic ring is 1. The molecule has 3 aromatic carbocycles. The lowest BCUT2D eigenvalue weighted by atomic mass is 10.0. The summed E-state index contributed by atoms with van der Waals surface area (Å²) >= 11 is 0.773. The van der Waals surface area contributed by atoms with Crippen molar-refractivity contribution in [1.82, 2.24) is 14.6 Å². The van der Waals surface area contributed by atoms with Crippen molar-refractivity contribution in [3.05, 3.63) is 112 Å². The second-order valence-corrected chi connectivity index (χ2v) is 9.21. The third-order valence-electron chi connectivity index (χ3n) is 5.91. The van der Waals surface area contributed by atoms with E-state index in [0.29, 0.717) is 11.3 Å². The summed E-state index contributed by atoms with van der Waals surface area (Å²) in [5, 5.41) is 2.96. The molecule has 1 atom stereocenters. The summed E-state index contributed by atoms with van der Waals surface area (Å²) in [6.07, 6.45) is 0. The Morgan fingerprint density at radius 3 is 2.11 bits per heavy atom. The molecule has 0 aliphatic carbocycles. The highest BCUT2D eigenvalue weighted by Gasteiger charge is 2.35. The minimum Gasteiger partial charge on any atom is -0.497 e. The number of nitrogens with zero attached hydrogens (tertiary/aromatic N) is 2. The van der Waals surface area contributed by atoms with Gasteiger partial charge < -0.3 is 26.4 Å². The normalized spacial score (nSPS) is 11.4. The number of anilines is 1. The summed E-state index contributed by atoms with van der Waals surface area (Å²) in [6, 6.07) is 24.6. The van der Waals surface area contributed by atoms with Crippen LogP contribution in [0.5, 0.6) is 5.75 Å². The van der Waals surface area contributed by atoms with Crippen LogP contribution in [0.3, 0.4) is 0 Å². The first kappa shape index (κ1) is 26.4. The van der Waals surface area contributed by atoms with Gasteiger partial charge in [-0.15, -0.1) is 0 Å². The summed E-state index contributed by atoms with van der Waals surface area (Å²) < 4.78 is 9.26. The van der Waals surface area contributed by atoms with Crippen LogP contribution in [0.2, 0.25) is 0 Å². The van der Waals surface area contributed by atoms with E-state index in [1.807, 2.05) is 60.7 Å². The first-order valence-electron chi connectivity index (χ1n) is 11.7. The number of nitrogens with two attached hydrogens (primary N) is 2. The topological polar surface area (TPSA) is 141 Å². The minimum atomic E-state index is -1.03. The van der Waals surface area contributed by atoms with Gasteiger partial charge in [-0.2, -0.15) is 4.37 Å². The molecular weight excluding hydrogens is 502 g/mol. The summed E-state index contributed by atoms with van der Waals surface area (Å²) in [5.41, 5.74) is 13.5. The summed E-state index contributed by atoms with van der Waals surface area (Å²) in [7, 11) is 1.55. The number of methoxy groups -OCH3 is 1. The number of carbonyl (C=O) groups is 3. The van der Waals surface area contributed by atoms with E-state index in [9.17, 15) is 14.4 Å². The number of hydrogen-bond acceptors (Lipinski definition) is 7. The molecule has 0 bridgehead atoms. The molecule has 10 heteroatoms. The van der Waals surface area contributed by atoms with Crippen molar-refractivity contribution in [2.24, 2.45) is 5.73 Å². The molecule has 194 valence electrons. The lowest BCUT2D eigenvalue weighted by Crippen LogP contribution is -2.43. The predicted molar refractivity (Wildman–Crippen MR) is 145 cm³/mol. The Hall–Kier alpha value is -4.70. The van der Waals surface area contributed by atoms with Crippen molar-refractivity contribution in [2.75, 3.05) is 12.8 Å². The second kappa shape index (κ2) is 12.0. The molecule has 0 aliphatic rings. The highest BCUT2D eigenvalue weighted by atomic mass is 32.1. The number of aromatic nitrogens is 1. The van der Waals surface area contributed by atoms with Crippen LogP contribution in [0.4, 0.5) is 5.69 Å². The number of ether oxygens (including phenoxy) is 1. The second-order valence-electron chi connectivity index (χ2n) is 8.44. The van der Waals surface area contributed by atoms with E-state index >= 15 is 0 Å². The lowest BCUT2D eigenvalue weighted by Gasteiger charge is -2.31. The van der Waals surface area contributed by atoms with Gasteiger partial charge >= 0.3 is 0 Å². The fourth-order valence-corrected chi connectivity index (χ4v) is 4.72. The van der Waals surface area contributed by atoms with Gasteiger partial charge in [0, 0.05) is 13.1 Å². The van der Waals surface area contributed by atoms with Crippen LogP contribution >= 0.6 is 11.5 Å². The fourth-order valence-electron chi connectivity index (χ4n) is 3.96. The third-order valence-corrected chi connectivity index (χ3v) is 6.76. The Bertz CT molecular complexity index is 1410. The van der Waals surface area contributed by atoms with Gasteiger partial charge in [0.1, 0.15) is 16.7 Å². The molecule has 5 N–H and O–H groups in total. The van der Waals surface area contributed by atoms with Crippen LogP contribution in [-0.2, 0) is 17.9 Å². The van der Waals surface area contributed by atoms with Crippen LogP contribution in [0, 0.1) is 0 Å². The molecule has 4 aromatic rings. The summed E-state index contributed by atoms with van der Waals surface area (Å²) in [6.45, 7) is 0.368. The Balaban J connectivity index is 1.77. The van der Waals surface area contributed by atoms with Gasteiger partial charge in [0.25, 0.3) is 11.8 Å². The zero-order valence-electron chi connectivity index (χ0n) is 20.7. The van der Waals surface area contributed by atoms with Crippen molar-refractivity contribution in [3.8, 4) is 5.75 Å². The lowest BCUT2D eigenvalue weighted by molar-refractivity contribution is -0.126. The summed E-state index contributed by atoms with van der Waals surface area (Å²) in [5.74, 6) is -1.16. The summed E-state index contributed by atoms with van der Waals surface area (Å²) in [4.78, 5) is 41.0. The van der Waals surface area contributed by atoms with E-state index in [0.717, 1.165) is 22.7 Å². The molecular formula is C28H27N5O4S. The van der Waals surface area contributed by atoms with Gasteiger partial charge in [-0.1, -0.05) is 72.8 Å². The van der Waals surface area contributed by atoms with Crippen molar-refractivity contribution in [2.45, 2.75) is 19.1 Å². The molecule has 38 heavy (non-hydrogen) atoms. The molecule has 0 spiro atoms. The van der Waals surface area contributed by atoms with E-state index in [4.69, 9.17) is 16.2 Å². The molecule has 0 radical (unpaired) electrons. The molecule has 4 rings (SSSR count). The maximum atomic E-state index is 14.0. The van der Waals surface area contributed by atoms with Gasteiger partial charge in [-0.25, -0.2) is 0 Å². The molecule has 0 aliphatic heterocycles. The zero-order chi connectivity index (χ0) is 27.1. The number of carbonyl (C=O) groups excluding carboxylic acids is 3. The highest BCUT2D eigenvalue weighted by molar-refractivity contribution is 7.09. The van der Waals surface area contributed by atoms with Crippen LogP contribution < -0.4 is 21.5 Å². The number of primary amides is 1. The largest absolute Gasteiger partial charge is 0.497 e. The Morgan fingerprint density at radius 2 is 1.55 bits per heavy atom. The number of benzene rings is 3. The number of nitrogens with one attached hydrogen (secondary N) is 1. The first-order chi connectivity index (χ1) is 18.4. The van der Waals surface area contributed by atoms with Gasteiger partial charge in [0.05, 0.1) is 12.8 Å². The molecule has 3 amide bonds. The Kier molecular flexibility index (Phi) is 8.34. The quantitative estimate of drug-likeness (QED) is 0.287. The SMILES string of the molecule is COc1ccc(C(C(=O)NCc2ccccc2)N(Cc2ccccc2)C(=O)c2snc(C(N)=O)c2N)cc1. The van der Waals surface area contributed by atoms with E-state index in [1.54, 1.807) is 31.4 Å². The third kappa shape index (κ3) is 5.98. The molecule has 0 saturated carbocycles. The standard InChI is InChI=1S/C28H27N5O4S/c1-37-21-14-12-20(13-15-21)24(27(35)31-16-18-8-4-2-5-9-18)33(17-19-10-6-3-7-11-19)28(36)25-22(29)23(26(30)34)32-38-25/h2-15,24H,16-17,29H2,1H3,(H2,30,34)(H,31,35).